The average molecular weight is 155 g/mol. The number of esters is 1. The van der Waals surface area contributed by atoms with Crippen molar-refractivity contribution >= 4 is 5.97 Å². The van der Waals surface area contributed by atoms with Gasteiger partial charge in [-0.2, -0.15) is 0 Å². The molecule has 1 fully saturated rings. The Labute approximate surface area is 66.4 Å². The highest BCUT2D eigenvalue weighted by Crippen LogP contribution is 2.05. The number of carbonyl (C=O) groups excluding carboxylic acids is 1. The Kier molecular flexibility index (Phi) is 3.11. The van der Waals surface area contributed by atoms with Crippen LogP contribution in [0.2, 0.25) is 0 Å². The lowest BCUT2D eigenvalue weighted by Gasteiger charge is -2.07. The molecule has 0 radical (unpaired) electrons. The van der Waals surface area contributed by atoms with Crippen LogP contribution in [-0.2, 0) is 9.53 Å². The van der Waals surface area contributed by atoms with Crippen molar-refractivity contribution in [1.29, 1.82) is 0 Å². The second-order valence-corrected chi connectivity index (χ2v) is 2.57. The van der Waals surface area contributed by atoms with E-state index in [0.717, 1.165) is 19.4 Å². The second-order valence-electron chi connectivity index (χ2n) is 2.57. The Morgan fingerprint density at radius 1 is 1.82 bits per heavy atom. The molecule has 1 aliphatic rings. The van der Waals surface area contributed by atoms with E-state index in [2.05, 4.69) is 11.9 Å². The summed E-state index contributed by atoms with van der Waals surface area (Å²) in [4.78, 5) is 11.1. The first-order valence-electron chi connectivity index (χ1n) is 3.85. The second kappa shape index (κ2) is 4.13. The maximum Gasteiger partial charge on any atom is 0.323 e. The highest BCUT2D eigenvalue weighted by atomic mass is 16.5. The van der Waals surface area contributed by atoms with Gasteiger partial charge in [-0.1, -0.05) is 12.7 Å². The molecular weight excluding hydrogens is 142 g/mol. The van der Waals surface area contributed by atoms with Crippen LogP contribution in [0.1, 0.15) is 12.8 Å². The molecule has 1 heterocycles. The Bertz CT molecular complexity index is 150. The lowest BCUT2D eigenvalue weighted by Crippen LogP contribution is -2.32. The SMILES string of the molecule is C=CCOC(=O)[C@@H]1CCCN1. The van der Waals surface area contributed by atoms with Gasteiger partial charge in [-0.25, -0.2) is 0 Å². The monoisotopic (exact) mass is 155 g/mol. The topological polar surface area (TPSA) is 38.3 Å². The molecule has 1 saturated heterocycles. The number of rotatable bonds is 3. The van der Waals surface area contributed by atoms with Gasteiger partial charge in [0.15, 0.2) is 0 Å². The van der Waals surface area contributed by atoms with Gasteiger partial charge in [-0.15, -0.1) is 0 Å². The molecule has 1 rings (SSSR count). The first-order valence-corrected chi connectivity index (χ1v) is 3.85. The van der Waals surface area contributed by atoms with Gasteiger partial charge in [-0.05, 0) is 19.4 Å². The molecule has 0 spiro atoms. The number of nitrogens with one attached hydrogen (secondary N) is 1. The zero-order chi connectivity index (χ0) is 8.10. The summed E-state index contributed by atoms with van der Waals surface area (Å²) in [5.41, 5.74) is 0. The van der Waals surface area contributed by atoms with E-state index >= 15 is 0 Å². The van der Waals surface area contributed by atoms with Gasteiger partial charge in [0.1, 0.15) is 12.6 Å². The summed E-state index contributed by atoms with van der Waals surface area (Å²) in [7, 11) is 0. The minimum absolute atomic E-state index is 0.0741. The van der Waals surface area contributed by atoms with Crippen LogP contribution >= 0.6 is 0 Å². The Hall–Kier alpha value is -0.830. The van der Waals surface area contributed by atoms with Crippen LogP contribution in [0, 0.1) is 0 Å². The lowest BCUT2D eigenvalue weighted by molar-refractivity contribution is -0.144. The number of hydrogen-bond acceptors (Lipinski definition) is 3. The standard InChI is InChI=1S/C8H13NO2/c1-2-6-11-8(10)7-4-3-5-9-7/h2,7,9H,1,3-6H2/t7-/m0/s1. The summed E-state index contributed by atoms with van der Waals surface area (Å²) in [6.07, 6.45) is 3.54. The molecule has 0 aliphatic carbocycles. The summed E-state index contributed by atoms with van der Waals surface area (Å²) < 4.78 is 4.86. The molecule has 1 N–H and O–H groups in total. The van der Waals surface area contributed by atoms with E-state index in [4.69, 9.17) is 4.74 Å². The fourth-order valence-corrected chi connectivity index (χ4v) is 1.13. The molecule has 1 aliphatic heterocycles. The third-order valence-electron chi connectivity index (χ3n) is 1.69. The normalized spacial score (nSPS) is 23.1. The van der Waals surface area contributed by atoms with Gasteiger partial charge >= 0.3 is 5.97 Å². The zero-order valence-electron chi connectivity index (χ0n) is 6.51. The van der Waals surface area contributed by atoms with Crippen molar-refractivity contribution in [3.8, 4) is 0 Å². The van der Waals surface area contributed by atoms with E-state index in [1.165, 1.54) is 0 Å². The van der Waals surface area contributed by atoms with Gasteiger partial charge < -0.3 is 10.1 Å². The van der Waals surface area contributed by atoms with Crippen LogP contribution in [0.5, 0.6) is 0 Å². The van der Waals surface area contributed by atoms with E-state index in [0.29, 0.717) is 6.61 Å². The molecule has 1 atom stereocenters. The van der Waals surface area contributed by atoms with Crippen LogP contribution in [0.15, 0.2) is 12.7 Å². The number of ether oxygens (including phenoxy) is 1. The lowest BCUT2D eigenvalue weighted by atomic mass is 10.2. The van der Waals surface area contributed by atoms with Gasteiger partial charge in [0, 0.05) is 0 Å². The summed E-state index contributed by atoms with van der Waals surface area (Å²) in [5, 5.41) is 3.06. The summed E-state index contributed by atoms with van der Waals surface area (Å²) in [5.74, 6) is -0.151. The van der Waals surface area contributed by atoms with Crippen LogP contribution in [0.25, 0.3) is 0 Å². The van der Waals surface area contributed by atoms with Crippen molar-refractivity contribution in [2.24, 2.45) is 0 Å². The maximum absolute atomic E-state index is 11.1. The maximum atomic E-state index is 11.1. The fraction of sp³-hybridized carbons (Fsp3) is 0.625. The minimum atomic E-state index is -0.151. The Morgan fingerprint density at radius 2 is 2.64 bits per heavy atom. The van der Waals surface area contributed by atoms with Crippen LogP contribution in [-0.4, -0.2) is 25.2 Å². The molecule has 62 valence electrons. The van der Waals surface area contributed by atoms with Crippen molar-refractivity contribution in [2.45, 2.75) is 18.9 Å². The third kappa shape index (κ3) is 2.35. The molecule has 3 heteroatoms. The van der Waals surface area contributed by atoms with Crippen molar-refractivity contribution in [3.05, 3.63) is 12.7 Å². The van der Waals surface area contributed by atoms with Crippen LogP contribution < -0.4 is 5.32 Å². The van der Waals surface area contributed by atoms with E-state index in [1.807, 2.05) is 0 Å². The predicted molar refractivity (Wildman–Crippen MR) is 42.2 cm³/mol. The van der Waals surface area contributed by atoms with Gasteiger partial charge in [-0.3, -0.25) is 4.79 Å². The van der Waals surface area contributed by atoms with E-state index in [-0.39, 0.29) is 12.0 Å². The highest BCUT2D eigenvalue weighted by molar-refractivity contribution is 5.76. The van der Waals surface area contributed by atoms with Gasteiger partial charge in [0.25, 0.3) is 0 Å². The van der Waals surface area contributed by atoms with Crippen molar-refractivity contribution in [1.82, 2.24) is 5.32 Å². The van der Waals surface area contributed by atoms with Gasteiger partial charge in [0.05, 0.1) is 0 Å². The molecule has 0 aromatic rings. The van der Waals surface area contributed by atoms with Crippen LogP contribution in [0.3, 0.4) is 0 Å². The van der Waals surface area contributed by atoms with Gasteiger partial charge in [0.2, 0.25) is 0 Å². The molecule has 11 heavy (non-hydrogen) atoms. The third-order valence-corrected chi connectivity index (χ3v) is 1.69. The van der Waals surface area contributed by atoms with Crippen molar-refractivity contribution in [2.75, 3.05) is 13.2 Å². The fourth-order valence-electron chi connectivity index (χ4n) is 1.13. The first-order chi connectivity index (χ1) is 5.34. The Morgan fingerprint density at radius 3 is 3.18 bits per heavy atom. The quantitative estimate of drug-likeness (QED) is 0.475. The van der Waals surface area contributed by atoms with E-state index < -0.39 is 0 Å². The summed E-state index contributed by atoms with van der Waals surface area (Å²) >= 11 is 0. The average Bonchev–Trinajstić information content (AvgIpc) is 2.52. The smallest absolute Gasteiger partial charge is 0.323 e. The minimum Gasteiger partial charge on any atom is -0.460 e. The molecule has 0 bridgehead atoms. The van der Waals surface area contributed by atoms with Crippen LogP contribution in [0.4, 0.5) is 0 Å². The molecule has 0 aromatic carbocycles. The molecule has 0 aromatic heterocycles. The molecule has 3 nitrogen and oxygen atoms in total. The summed E-state index contributed by atoms with van der Waals surface area (Å²) in [6, 6.07) is -0.0741. The van der Waals surface area contributed by atoms with Crippen molar-refractivity contribution < 1.29 is 9.53 Å². The molecule has 0 unspecified atom stereocenters. The molecule has 0 amide bonds. The zero-order valence-corrected chi connectivity index (χ0v) is 6.51. The van der Waals surface area contributed by atoms with E-state index in [1.54, 1.807) is 6.08 Å². The largest absolute Gasteiger partial charge is 0.460 e. The van der Waals surface area contributed by atoms with E-state index in [9.17, 15) is 4.79 Å². The number of hydrogen-bond donors (Lipinski definition) is 1. The predicted octanol–water partition coefficient (Wildman–Crippen LogP) is 0.468. The highest BCUT2D eigenvalue weighted by Gasteiger charge is 2.22. The molecule has 0 saturated carbocycles. The number of carbonyl (C=O) groups is 1. The van der Waals surface area contributed by atoms with Crippen molar-refractivity contribution in [3.63, 3.8) is 0 Å². The Balaban J connectivity index is 2.22. The summed E-state index contributed by atoms with van der Waals surface area (Å²) in [6.45, 7) is 4.70. The first kappa shape index (κ1) is 8.27. The molecular formula is C8H13NO2.